The predicted molar refractivity (Wildman–Crippen MR) is 140 cm³/mol. The third-order valence-corrected chi connectivity index (χ3v) is 5.94. The summed E-state index contributed by atoms with van der Waals surface area (Å²) in [5.41, 5.74) is 7.40. The van der Waals surface area contributed by atoms with Crippen LogP contribution in [0.4, 0.5) is 0 Å². The third-order valence-electron chi connectivity index (χ3n) is 5.94. The van der Waals surface area contributed by atoms with Crippen LogP contribution in [0.1, 0.15) is 31.9 Å². The number of aliphatic hydroxyl groups excluding tert-OH is 1. The van der Waals surface area contributed by atoms with Gasteiger partial charge in [0.05, 0.1) is 12.1 Å². The van der Waals surface area contributed by atoms with Gasteiger partial charge in [0, 0.05) is 6.42 Å². The average molecular weight is 529 g/mol. The van der Waals surface area contributed by atoms with E-state index in [4.69, 9.17) is 5.73 Å². The van der Waals surface area contributed by atoms with Gasteiger partial charge in [-0.05, 0) is 42.5 Å². The molecule has 5 atom stereocenters. The lowest BCUT2D eigenvalue weighted by molar-refractivity contribution is -0.143. The second kappa shape index (κ2) is 14.1. The van der Waals surface area contributed by atoms with Crippen LogP contribution < -0.4 is 21.7 Å². The number of carboxylic acids is 1. The van der Waals surface area contributed by atoms with Crippen molar-refractivity contribution in [2.45, 2.75) is 63.9 Å². The van der Waals surface area contributed by atoms with Crippen LogP contribution in [-0.2, 0) is 32.0 Å². The summed E-state index contributed by atoms with van der Waals surface area (Å²) >= 11 is 0. The zero-order valence-electron chi connectivity index (χ0n) is 21.6. The Morgan fingerprint density at radius 3 is 1.84 bits per heavy atom. The highest BCUT2D eigenvalue weighted by Crippen LogP contribution is 2.13. The third kappa shape index (κ3) is 9.16. The highest BCUT2D eigenvalue weighted by molar-refractivity contribution is 5.94. The highest BCUT2D eigenvalue weighted by atomic mass is 16.4. The van der Waals surface area contributed by atoms with Crippen molar-refractivity contribution < 1.29 is 34.5 Å². The molecule has 2 aromatic carbocycles. The van der Waals surface area contributed by atoms with E-state index in [0.717, 1.165) is 5.56 Å². The first-order chi connectivity index (χ1) is 17.9. The summed E-state index contributed by atoms with van der Waals surface area (Å²) in [5.74, 6) is -3.94. The number of rotatable bonds is 13. The normalized spacial score (nSPS) is 15.0. The second-order valence-electron chi connectivity index (χ2n) is 9.52. The number of nitrogens with two attached hydrogens (primary N) is 1. The first kappa shape index (κ1) is 30.3. The van der Waals surface area contributed by atoms with E-state index >= 15 is 0 Å². The maximum Gasteiger partial charge on any atom is 0.326 e. The number of amides is 3. The molecule has 8 N–H and O–H groups in total. The number of phenolic OH excluding ortho intramolecular Hbond substituents is 1. The van der Waals surface area contributed by atoms with Gasteiger partial charge in [-0.1, -0.05) is 56.3 Å². The molecule has 3 amide bonds. The van der Waals surface area contributed by atoms with E-state index in [1.165, 1.54) is 19.1 Å². The molecule has 0 aliphatic heterocycles. The van der Waals surface area contributed by atoms with E-state index in [-0.39, 0.29) is 18.6 Å². The van der Waals surface area contributed by atoms with Crippen molar-refractivity contribution in [2.24, 2.45) is 11.7 Å². The van der Waals surface area contributed by atoms with E-state index in [0.29, 0.717) is 5.56 Å². The number of hydrogen-bond donors (Lipinski definition) is 7. The first-order valence-electron chi connectivity index (χ1n) is 12.3. The summed E-state index contributed by atoms with van der Waals surface area (Å²) in [6, 6.07) is 10.1. The molecular formula is C27H36N4O7. The van der Waals surface area contributed by atoms with Crippen molar-refractivity contribution in [1.29, 1.82) is 0 Å². The van der Waals surface area contributed by atoms with Gasteiger partial charge in [-0.3, -0.25) is 14.4 Å². The van der Waals surface area contributed by atoms with E-state index in [9.17, 15) is 34.5 Å². The molecule has 0 bridgehead atoms. The van der Waals surface area contributed by atoms with Gasteiger partial charge in [-0.25, -0.2) is 4.79 Å². The van der Waals surface area contributed by atoms with Crippen LogP contribution in [0.25, 0.3) is 0 Å². The minimum absolute atomic E-state index is 0.00765. The van der Waals surface area contributed by atoms with Crippen LogP contribution in [0.2, 0.25) is 0 Å². The highest BCUT2D eigenvalue weighted by Gasteiger charge is 2.33. The number of phenols is 1. The molecule has 0 fully saturated rings. The maximum atomic E-state index is 13.2. The fourth-order valence-corrected chi connectivity index (χ4v) is 3.73. The van der Waals surface area contributed by atoms with E-state index in [1.54, 1.807) is 50.2 Å². The van der Waals surface area contributed by atoms with E-state index in [2.05, 4.69) is 16.0 Å². The Kier molecular flexibility index (Phi) is 11.2. The minimum atomic E-state index is -1.43. The van der Waals surface area contributed by atoms with Gasteiger partial charge in [-0.15, -0.1) is 0 Å². The van der Waals surface area contributed by atoms with Gasteiger partial charge in [-0.2, -0.15) is 0 Å². The average Bonchev–Trinajstić information content (AvgIpc) is 2.86. The molecular weight excluding hydrogens is 492 g/mol. The Hall–Kier alpha value is -3.96. The summed E-state index contributed by atoms with van der Waals surface area (Å²) < 4.78 is 0. The molecule has 5 unspecified atom stereocenters. The van der Waals surface area contributed by atoms with Crippen LogP contribution in [0, 0.1) is 5.92 Å². The summed E-state index contributed by atoms with van der Waals surface area (Å²) in [6.07, 6.45) is -1.17. The summed E-state index contributed by atoms with van der Waals surface area (Å²) in [4.78, 5) is 50.6. The van der Waals surface area contributed by atoms with Gasteiger partial charge in [0.2, 0.25) is 17.7 Å². The van der Waals surface area contributed by atoms with Crippen molar-refractivity contribution in [1.82, 2.24) is 16.0 Å². The molecule has 2 aromatic rings. The van der Waals surface area contributed by atoms with Crippen molar-refractivity contribution in [3.63, 3.8) is 0 Å². The zero-order valence-corrected chi connectivity index (χ0v) is 21.6. The van der Waals surface area contributed by atoms with Crippen molar-refractivity contribution in [3.05, 3.63) is 65.7 Å². The predicted octanol–water partition coefficient (Wildman–Crippen LogP) is 0.0805. The number of carbonyl (C=O) groups is 4. The molecule has 0 aliphatic carbocycles. The van der Waals surface area contributed by atoms with Crippen molar-refractivity contribution >= 4 is 23.7 Å². The lowest BCUT2D eigenvalue weighted by Crippen LogP contribution is -2.60. The Bertz CT molecular complexity index is 1090. The van der Waals surface area contributed by atoms with Gasteiger partial charge in [0.1, 0.15) is 23.9 Å². The largest absolute Gasteiger partial charge is 0.508 e. The number of aliphatic hydroxyl groups is 1. The maximum absolute atomic E-state index is 13.2. The van der Waals surface area contributed by atoms with Crippen LogP contribution in [0.5, 0.6) is 5.75 Å². The number of carboxylic acid groups (broad SMARTS) is 1. The Balaban J connectivity index is 2.20. The van der Waals surface area contributed by atoms with Crippen LogP contribution in [0.3, 0.4) is 0 Å². The second-order valence-corrected chi connectivity index (χ2v) is 9.52. The summed E-state index contributed by atoms with van der Waals surface area (Å²) in [6.45, 7) is 4.57. The molecule has 0 heterocycles. The number of hydrogen-bond acceptors (Lipinski definition) is 7. The standard InChI is InChI=1S/C27H36N4O7/c1-15(2)22(27(37)38)30-25(35)21(14-18-9-11-19(33)12-10-18)29-26(36)23(16(3)32)31-24(34)20(28)13-17-7-5-4-6-8-17/h4-12,15-16,20-23,32-33H,13-14,28H2,1-3H3,(H,29,36)(H,30,35)(H,31,34)(H,37,38). The molecule has 0 aliphatic rings. The first-order valence-corrected chi connectivity index (χ1v) is 12.3. The van der Waals surface area contributed by atoms with Crippen LogP contribution in [-0.4, -0.2) is 69.3 Å². The fourth-order valence-electron chi connectivity index (χ4n) is 3.73. The molecule has 11 nitrogen and oxygen atoms in total. The molecule has 38 heavy (non-hydrogen) atoms. The zero-order chi connectivity index (χ0) is 28.4. The Labute approximate surface area is 221 Å². The summed E-state index contributed by atoms with van der Waals surface area (Å²) in [7, 11) is 0. The monoisotopic (exact) mass is 528 g/mol. The number of benzene rings is 2. The summed E-state index contributed by atoms with van der Waals surface area (Å²) in [5, 5.41) is 36.7. The van der Waals surface area contributed by atoms with E-state index < -0.39 is 59.9 Å². The smallest absolute Gasteiger partial charge is 0.326 e. The van der Waals surface area contributed by atoms with E-state index in [1.807, 2.05) is 6.07 Å². The van der Waals surface area contributed by atoms with Gasteiger partial charge < -0.3 is 37.0 Å². The molecule has 2 rings (SSSR count). The SMILES string of the molecule is CC(C)C(NC(=O)C(Cc1ccc(O)cc1)NC(=O)C(NC(=O)C(N)Cc1ccccc1)C(C)O)C(=O)O. The fraction of sp³-hybridized carbons (Fsp3) is 0.407. The van der Waals surface area contributed by atoms with Crippen LogP contribution in [0.15, 0.2) is 54.6 Å². The Morgan fingerprint density at radius 1 is 0.763 bits per heavy atom. The van der Waals surface area contributed by atoms with Crippen LogP contribution >= 0.6 is 0 Å². The molecule has 0 saturated carbocycles. The molecule has 0 radical (unpaired) electrons. The van der Waals surface area contributed by atoms with Gasteiger partial charge in [0.25, 0.3) is 0 Å². The minimum Gasteiger partial charge on any atom is -0.508 e. The van der Waals surface area contributed by atoms with Gasteiger partial charge in [0.15, 0.2) is 0 Å². The number of aliphatic carboxylic acids is 1. The quantitative estimate of drug-likeness (QED) is 0.190. The van der Waals surface area contributed by atoms with Gasteiger partial charge >= 0.3 is 5.97 Å². The number of carbonyl (C=O) groups excluding carboxylic acids is 3. The molecule has 0 saturated heterocycles. The Morgan fingerprint density at radius 2 is 1.32 bits per heavy atom. The lowest BCUT2D eigenvalue weighted by atomic mass is 10.0. The van der Waals surface area contributed by atoms with Crippen molar-refractivity contribution in [2.75, 3.05) is 0 Å². The lowest BCUT2D eigenvalue weighted by Gasteiger charge is -2.27. The number of nitrogens with one attached hydrogen (secondary N) is 3. The molecule has 0 aromatic heterocycles. The topological polar surface area (TPSA) is 191 Å². The molecule has 11 heteroatoms. The van der Waals surface area contributed by atoms with Crippen molar-refractivity contribution in [3.8, 4) is 5.75 Å². The molecule has 206 valence electrons. The molecule has 0 spiro atoms. The number of aromatic hydroxyl groups is 1.